The Morgan fingerprint density at radius 2 is 2.16 bits per heavy atom. The van der Waals surface area contributed by atoms with Gasteiger partial charge in [-0.2, -0.15) is 4.98 Å². The van der Waals surface area contributed by atoms with Crippen molar-refractivity contribution in [3.05, 3.63) is 46.6 Å². The number of hydrogen-bond donors (Lipinski definition) is 1. The van der Waals surface area contributed by atoms with Crippen molar-refractivity contribution in [3.8, 4) is 0 Å². The molecule has 0 saturated carbocycles. The predicted molar refractivity (Wildman–Crippen MR) is 76.9 cm³/mol. The smallest absolute Gasteiger partial charge is 0.250 e. The Morgan fingerprint density at radius 1 is 1.37 bits per heavy atom. The van der Waals surface area contributed by atoms with E-state index in [1.54, 1.807) is 6.08 Å². The zero-order chi connectivity index (χ0) is 13.7. The highest BCUT2D eigenvalue weighted by Crippen LogP contribution is 2.17. The highest BCUT2D eigenvalue weighted by Gasteiger charge is 2.07. The first-order valence-electron chi connectivity index (χ1n) is 6.11. The first-order valence-corrected chi connectivity index (χ1v) is 6.49. The lowest BCUT2D eigenvalue weighted by Crippen LogP contribution is -2.24. The lowest BCUT2D eigenvalue weighted by Gasteiger charge is -2.04. The molecule has 4 nitrogen and oxygen atoms in total. The molecule has 1 N–H and O–H groups in total. The highest BCUT2D eigenvalue weighted by molar-refractivity contribution is 6.32. The van der Waals surface area contributed by atoms with Gasteiger partial charge in [-0.1, -0.05) is 35.0 Å². The zero-order valence-corrected chi connectivity index (χ0v) is 11.7. The van der Waals surface area contributed by atoms with Crippen LogP contribution in [-0.4, -0.2) is 23.2 Å². The fourth-order valence-corrected chi connectivity index (χ4v) is 1.76. The number of likely N-dealkylation sites (N-methyl/N-ethyl adjacent to an activating group) is 1. The minimum Gasteiger partial charge on any atom is -0.335 e. The standard InChI is InChI=1S/C14H16ClN3O/c1-10(16-2)9-13-17-14(19-18-13)8-7-11-5-3-4-6-12(11)15/h3-8,10,16H,9H2,1-2H3/b8-7+. The number of hydrogen-bond acceptors (Lipinski definition) is 4. The summed E-state index contributed by atoms with van der Waals surface area (Å²) >= 11 is 6.06. The van der Waals surface area contributed by atoms with Crippen LogP contribution < -0.4 is 5.32 Å². The van der Waals surface area contributed by atoms with Crippen LogP contribution in [0.5, 0.6) is 0 Å². The summed E-state index contributed by atoms with van der Waals surface area (Å²) in [7, 11) is 1.91. The predicted octanol–water partition coefficient (Wildman–Crippen LogP) is 3.04. The first kappa shape index (κ1) is 13.8. The molecule has 0 fully saturated rings. The Bertz CT molecular complexity index is 565. The number of rotatable bonds is 5. The van der Waals surface area contributed by atoms with Crippen LogP contribution in [-0.2, 0) is 6.42 Å². The van der Waals surface area contributed by atoms with Gasteiger partial charge >= 0.3 is 0 Å². The van der Waals surface area contributed by atoms with Crippen molar-refractivity contribution in [1.82, 2.24) is 15.5 Å². The first-order chi connectivity index (χ1) is 9.19. The van der Waals surface area contributed by atoms with Crippen LogP contribution in [0, 0.1) is 0 Å². The van der Waals surface area contributed by atoms with Crippen molar-refractivity contribution >= 4 is 23.8 Å². The molecule has 100 valence electrons. The number of aromatic nitrogens is 2. The molecule has 0 spiro atoms. The summed E-state index contributed by atoms with van der Waals surface area (Å²) in [6.07, 6.45) is 4.36. The molecule has 19 heavy (non-hydrogen) atoms. The minimum absolute atomic E-state index is 0.318. The maximum atomic E-state index is 6.06. The van der Waals surface area contributed by atoms with Gasteiger partial charge < -0.3 is 9.84 Å². The van der Waals surface area contributed by atoms with Crippen molar-refractivity contribution in [2.24, 2.45) is 0 Å². The van der Waals surface area contributed by atoms with Gasteiger partial charge in [-0.3, -0.25) is 0 Å². The van der Waals surface area contributed by atoms with Gasteiger partial charge in [0.05, 0.1) is 0 Å². The number of nitrogens with zero attached hydrogens (tertiary/aromatic N) is 2. The van der Waals surface area contributed by atoms with E-state index in [2.05, 4.69) is 22.4 Å². The molecular formula is C14H16ClN3O. The zero-order valence-electron chi connectivity index (χ0n) is 10.9. The fourth-order valence-electron chi connectivity index (χ4n) is 1.57. The molecule has 1 aromatic heterocycles. The molecule has 1 atom stereocenters. The van der Waals surface area contributed by atoms with Crippen molar-refractivity contribution in [2.45, 2.75) is 19.4 Å². The van der Waals surface area contributed by atoms with Crippen LogP contribution >= 0.6 is 11.6 Å². The normalized spacial score (nSPS) is 13.0. The third kappa shape index (κ3) is 3.91. The molecule has 0 radical (unpaired) electrons. The summed E-state index contributed by atoms with van der Waals surface area (Å²) in [6.45, 7) is 2.07. The summed E-state index contributed by atoms with van der Waals surface area (Å²) < 4.78 is 5.15. The van der Waals surface area contributed by atoms with Gasteiger partial charge in [-0.05, 0) is 31.7 Å². The Kier molecular flexibility index (Phi) is 4.71. The lowest BCUT2D eigenvalue weighted by atomic mass is 10.2. The number of halogens is 1. The molecule has 0 amide bonds. The summed E-state index contributed by atoms with van der Waals surface area (Å²) in [6, 6.07) is 7.91. The topological polar surface area (TPSA) is 51.0 Å². The molecule has 0 bridgehead atoms. The molecule has 1 heterocycles. The van der Waals surface area contributed by atoms with Gasteiger partial charge in [0.2, 0.25) is 0 Å². The second-order valence-electron chi connectivity index (χ2n) is 4.30. The second-order valence-corrected chi connectivity index (χ2v) is 4.70. The Morgan fingerprint density at radius 3 is 2.89 bits per heavy atom. The highest BCUT2D eigenvalue weighted by atomic mass is 35.5. The van der Waals surface area contributed by atoms with E-state index in [0.29, 0.717) is 22.8 Å². The molecule has 5 heteroatoms. The van der Waals surface area contributed by atoms with Crippen LogP contribution in [0.1, 0.15) is 24.2 Å². The van der Waals surface area contributed by atoms with Crippen LogP contribution in [0.2, 0.25) is 5.02 Å². The minimum atomic E-state index is 0.318. The van der Waals surface area contributed by atoms with Crippen LogP contribution in [0.4, 0.5) is 0 Å². The van der Waals surface area contributed by atoms with Crippen LogP contribution in [0.25, 0.3) is 12.2 Å². The summed E-state index contributed by atoms with van der Waals surface area (Å²) in [5.41, 5.74) is 0.924. The SMILES string of the molecule is CNC(C)Cc1noc(/C=C/c2ccccc2Cl)n1. The molecular weight excluding hydrogens is 262 g/mol. The van der Waals surface area contributed by atoms with Gasteiger partial charge in [0.1, 0.15) is 0 Å². The van der Waals surface area contributed by atoms with Crippen molar-refractivity contribution in [1.29, 1.82) is 0 Å². The molecule has 0 aliphatic carbocycles. The molecule has 0 aliphatic rings. The average Bonchev–Trinajstić information content (AvgIpc) is 2.85. The van der Waals surface area contributed by atoms with E-state index in [4.69, 9.17) is 16.1 Å². The molecule has 1 unspecified atom stereocenters. The number of nitrogens with one attached hydrogen (secondary N) is 1. The summed E-state index contributed by atoms with van der Waals surface area (Å²) in [5, 5.41) is 7.76. The Labute approximate surface area is 117 Å². The molecule has 0 saturated heterocycles. The van der Waals surface area contributed by atoms with Crippen LogP contribution in [0.3, 0.4) is 0 Å². The maximum Gasteiger partial charge on any atom is 0.250 e. The quantitative estimate of drug-likeness (QED) is 0.913. The van der Waals surface area contributed by atoms with Gasteiger partial charge in [0.25, 0.3) is 5.89 Å². The van der Waals surface area contributed by atoms with Gasteiger partial charge in [-0.25, -0.2) is 0 Å². The van der Waals surface area contributed by atoms with Crippen molar-refractivity contribution < 1.29 is 4.52 Å². The monoisotopic (exact) mass is 277 g/mol. The van der Waals surface area contributed by atoms with E-state index in [9.17, 15) is 0 Å². The Balaban J connectivity index is 2.06. The van der Waals surface area contributed by atoms with Gasteiger partial charge in [0.15, 0.2) is 5.82 Å². The van der Waals surface area contributed by atoms with Crippen LogP contribution in [0.15, 0.2) is 28.8 Å². The molecule has 2 aromatic rings. The summed E-state index contributed by atoms with van der Waals surface area (Å²) in [4.78, 5) is 4.30. The maximum absolute atomic E-state index is 6.06. The van der Waals surface area contributed by atoms with E-state index in [0.717, 1.165) is 12.0 Å². The second kappa shape index (κ2) is 6.50. The summed E-state index contributed by atoms with van der Waals surface area (Å²) in [5.74, 6) is 1.18. The largest absolute Gasteiger partial charge is 0.335 e. The van der Waals surface area contributed by atoms with Gasteiger partial charge in [-0.15, -0.1) is 0 Å². The molecule has 1 aromatic carbocycles. The fraction of sp³-hybridized carbons (Fsp3) is 0.286. The van der Waals surface area contributed by atoms with Crippen molar-refractivity contribution in [3.63, 3.8) is 0 Å². The third-order valence-corrected chi connectivity index (χ3v) is 3.12. The average molecular weight is 278 g/mol. The third-order valence-electron chi connectivity index (χ3n) is 2.78. The molecule has 2 rings (SSSR count). The van der Waals surface area contributed by atoms with E-state index in [1.807, 2.05) is 37.4 Å². The Hall–Kier alpha value is -1.65. The lowest BCUT2D eigenvalue weighted by molar-refractivity contribution is 0.400. The van der Waals surface area contributed by atoms with E-state index >= 15 is 0 Å². The van der Waals surface area contributed by atoms with Gasteiger partial charge in [0, 0.05) is 23.6 Å². The number of benzene rings is 1. The molecule has 0 aliphatic heterocycles. The van der Waals surface area contributed by atoms with E-state index < -0.39 is 0 Å². The van der Waals surface area contributed by atoms with Crippen molar-refractivity contribution in [2.75, 3.05) is 7.05 Å². The van der Waals surface area contributed by atoms with E-state index in [-0.39, 0.29) is 0 Å². The van der Waals surface area contributed by atoms with E-state index in [1.165, 1.54) is 0 Å².